The first kappa shape index (κ1) is 10.1. The lowest BCUT2D eigenvalue weighted by Gasteiger charge is -2.09. The maximum atomic E-state index is 6.05. The number of benzene rings is 1. The van der Waals surface area contributed by atoms with Crippen molar-refractivity contribution in [3.8, 4) is 5.75 Å². The van der Waals surface area contributed by atoms with Crippen LogP contribution in [0.2, 0.25) is 0 Å². The van der Waals surface area contributed by atoms with E-state index in [4.69, 9.17) is 10.5 Å². The molecule has 0 saturated carbocycles. The van der Waals surface area contributed by atoms with Gasteiger partial charge < -0.3 is 15.5 Å². The lowest BCUT2D eigenvalue weighted by atomic mass is 10.0. The highest BCUT2D eigenvalue weighted by Gasteiger charge is 2.13. The number of hydrogen-bond acceptors (Lipinski definition) is 2. The van der Waals surface area contributed by atoms with Crippen molar-refractivity contribution in [2.75, 3.05) is 7.11 Å². The van der Waals surface area contributed by atoms with Gasteiger partial charge in [0, 0.05) is 23.1 Å². The third-order valence-electron chi connectivity index (χ3n) is 2.76. The molecule has 1 aromatic carbocycles. The highest BCUT2D eigenvalue weighted by atomic mass is 16.5. The van der Waals surface area contributed by atoms with Crippen LogP contribution in [0.3, 0.4) is 0 Å². The molecule has 2 rings (SSSR count). The maximum Gasteiger partial charge on any atom is 0.128 e. The molecule has 1 aromatic heterocycles. The number of rotatable bonds is 3. The largest absolute Gasteiger partial charge is 0.496 e. The van der Waals surface area contributed by atoms with Crippen LogP contribution in [-0.2, 0) is 0 Å². The number of nitrogens with two attached hydrogens (primary N) is 1. The summed E-state index contributed by atoms with van der Waals surface area (Å²) in [5.41, 5.74) is 8.26. The molecular formula is C12H16N2O. The number of methoxy groups -OCH3 is 1. The second kappa shape index (κ2) is 3.95. The average Bonchev–Trinajstić information content (AvgIpc) is 2.71. The van der Waals surface area contributed by atoms with Crippen molar-refractivity contribution >= 4 is 10.9 Å². The Labute approximate surface area is 89.2 Å². The van der Waals surface area contributed by atoms with Gasteiger partial charge in [-0.05, 0) is 24.1 Å². The molecule has 0 aliphatic carbocycles. The zero-order valence-electron chi connectivity index (χ0n) is 9.08. The fourth-order valence-corrected chi connectivity index (χ4v) is 1.86. The highest BCUT2D eigenvalue weighted by Crippen LogP contribution is 2.32. The van der Waals surface area contributed by atoms with E-state index < -0.39 is 0 Å². The monoisotopic (exact) mass is 204 g/mol. The lowest BCUT2D eigenvalue weighted by molar-refractivity contribution is 0.419. The van der Waals surface area contributed by atoms with E-state index in [1.807, 2.05) is 24.4 Å². The van der Waals surface area contributed by atoms with Crippen molar-refractivity contribution in [1.82, 2.24) is 4.98 Å². The summed E-state index contributed by atoms with van der Waals surface area (Å²) in [5.74, 6) is 0.882. The fourth-order valence-electron chi connectivity index (χ4n) is 1.86. The minimum Gasteiger partial charge on any atom is -0.496 e. The normalized spacial score (nSPS) is 13.0. The summed E-state index contributed by atoms with van der Waals surface area (Å²) in [6.07, 6.45) is 2.90. The van der Waals surface area contributed by atoms with E-state index in [-0.39, 0.29) is 6.04 Å². The Morgan fingerprint density at radius 2 is 2.27 bits per heavy atom. The van der Waals surface area contributed by atoms with Crippen molar-refractivity contribution in [3.63, 3.8) is 0 Å². The van der Waals surface area contributed by atoms with Crippen LogP contribution in [0.1, 0.15) is 24.9 Å². The van der Waals surface area contributed by atoms with Gasteiger partial charge in [0.25, 0.3) is 0 Å². The zero-order valence-corrected chi connectivity index (χ0v) is 9.08. The smallest absolute Gasteiger partial charge is 0.128 e. The van der Waals surface area contributed by atoms with Gasteiger partial charge in [0.15, 0.2) is 0 Å². The molecule has 0 bridgehead atoms. The number of fused-ring (bicyclic) bond motifs is 1. The quantitative estimate of drug-likeness (QED) is 0.807. The molecule has 2 aromatic rings. The molecule has 1 atom stereocenters. The molecule has 0 radical (unpaired) electrons. The van der Waals surface area contributed by atoms with E-state index in [0.717, 1.165) is 28.6 Å². The van der Waals surface area contributed by atoms with Gasteiger partial charge in [0.1, 0.15) is 5.75 Å². The van der Waals surface area contributed by atoms with Crippen LogP contribution in [0.15, 0.2) is 24.4 Å². The van der Waals surface area contributed by atoms with Crippen molar-refractivity contribution in [3.05, 3.63) is 30.0 Å². The fraction of sp³-hybridized carbons (Fsp3) is 0.333. The first-order valence-corrected chi connectivity index (χ1v) is 5.17. The molecule has 3 heteroatoms. The third-order valence-corrected chi connectivity index (χ3v) is 2.76. The summed E-state index contributed by atoms with van der Waals surface area (Å²) < 4.78 is 5.35. The Balaban J connectivity index is 2.65. The van der Waals surface area contributed by atoms with Crippen molar-refractivity contribution < 1.29 is 4.74 Å². The predicted octanol–water partition coefficient (Wildman–Crippen LogP) is 2.59. The van der Waals surface area contributed by atoms with Crippen molar-refractivity contribution in [1.29, 1.82) is 0 Å². The SMILES string of the molecule is CC[C@H](N)c1c[nH]c2cccc(OC)c12. The summed E-state index contributed by atoms with van der Waals surface area (Å²) in [4.78, 5) is 3.22. The van der Waals surface area contributed by atoms with E-state index >= 15 is 0 Å². The summed E-state index contributed by atoms with van der Waals surface area (Å²) >= 11 is 0. The minimum absolute atomic E-state index is 0.0649. The Morgan fingerprint density at radius 1 is 1.47 bits per heavy atom. The van der Waals surface area contributed by atoms with Gasteiger partial charge in [0.05, 0.1) is 7.11 Å². The first-order valence-electron chi connectivity index (χ1n) is 5.17. The number of aromatic amines is 1. The second-order valence-corrected chi connectivity index (χ2v) is 3.64. The summed E-state index contributed by atoms with van der Waals surface area (Å²) in [7, 11) is 1.68. The van der Waals surface area contributed by atoms with E-state index in [9.17, 15) is 0 Å². The summed E-state index contributed by atoms with van der Waals surface area (Å²) in [6, 6.07) is 6.03. The molecule has 0 aliphatic heterocycles. The number of aromatic nitrogens is 1. The van der Waals surface area contributed by atoms with Crippen LogP contribution in [0.25, 0.3) is 10.9 Å². The minimum atomic E-state index is 0.0649. The third kappa shape index (κ3) is 1.59. The van der Waals surface area contributed by atoms with Crippen LogP contribution < -0.4 is 10.5 Å². The molecule has 0 amide bonds. The van der Waals surface area contributed by atoms with Gasteiger partial charge in [-0.1, -0.05) is 13.0 Å². The number of nitrogens with one attached hydrogen (secondary N) is 1. The van der Waals surface area contributed by atoms with Gasteiger partial charge in [-0.25, -0.2) is 0 Å². The van der Waals surface area contributed by atoms with Crippen molar-refractivity contribution in [2.24, 2.45) is 5.73 Å². The van der Waals surface area contributed by atoms with Crippen molar-refractivity contribution in [2.45, 2.75) is 19.4 Å². The standard InChI is InChI=1S/C12H16N2O/c1-3-9(13)8-7-14-10-5-4-6-11(15-2)12(8)10/h4-7,9,14H,3,13H2,1-2H3/t9-/m0/s1. The molecule has 0 aliphatic rings. The Kier molecular flexibility index (Phi) is 2.64. The molecule has 80 valence electrons. The number of hydrogen-bond donors (Lipinski definition) is 2. The summed E-state index contributed by atoms with van der Waals surface area (Å²) in [6.45, 7) is 2.08. The molecule has 1 heterocycles. The van der Waals surface area contributed by atoms with Gasteiger partial charge in [-0.3, -0.25) is 0 Å². The van der Waals surface area contributed by atoms with E-state index in [2.05, 4.69) is 11.9 Å². The van der Waals surface area contributed by atoms with Crippen LogP contribution in [0, 0.1) is 0 Å². The van der Waals surface area contributed by atoms with E-state index in [1.165, 1.54) is 0 Å². The predicted molar refractivity (Wildman–Crippen MR) is 62.1 cm³/mol. The molecule has 15 heavy (non-hydrogen) atoms. The Hall–Kier alpha value is -1.48. The van der Waals surface area contributed by atoms with Gasteiger partial charge in [-0.2, -0.15) is 0 Å². The van der Waals surface area contributed by atoms with Crippen LogP contribution in [0.4, 0.5) is 0 Å². The van der Waals surface area contributed by atoms with Crippen LogP contribution in [-0.4, -0.2) is 12.1 Å². The average molecular weight is 204 g/mol. The number of ether oxygens (including phenoxy) is 1. The van der Waals surface area contributed by atoms with E-state index in [0.29, 0.717) is 0 Å². The van der Waals surface area contributed by atoms with Crippen LogP contribution >= 0.6 is 0 Å². The molecule has 3 N–H and O–H groups in total. The first-order chi connectivity index (χ1) is 7.27. The second-order valence-electron chi connectivity index (χ2n) is 3.64. The summed E-state index contributed by atoms with van der Waals surface area (Å²) in [5, 5.41) is 1.11. The topological polar surface area (TPSA) is 51.0 Å². The van der Waals surface area contributed by atoms with Gasteiger partial charge in [-0.15, -0.1) is 0 Å². The Bertz CT molecular complexity index is 462. The molecule has 0 saturated heterocycles. The molecule has 3 nitrogen and oxygen atoms in total. The molecule has 0 unspecified atom stereocenters. The maximum absolute atomic E-state index is 6.05. The molecular weight excluding hydrogens is 188 g/mol. The highest BCUT2D eigenvalue weighted by molar-refractivity contribution is 5.89. The van der Waals surface area contributed by atoms with Gasteiger partial charge >= 0.3 is 0 Å². The number of H-pyrrole nitrogens is 1. The molecule has 0 fully saturated rings. The van der Waals surface area contributed by atoms with Gasteiger partial charge in [0.2, 0.25) is 0 Å². The van der Waals surface area contributed by atoms with Crippen LogP contribution in [0.5, 0.6) is 5.75 Å². The molecule has 0 spiro atoms. The Morgan fingerprint density at radius 3 is 2.93 bits per heavy atom. The zero-order chi connectivity index (χ0) is 10.8. The lowest BCUT2D eigenvalue weighted by Crippen LogP contribution is -2.07. The van der Waals surface area contributed by atoms with E-state index in [1.54, 1.807) is 7.11 Å².